The molecule has 1 aliphatic carbocycles. The minimum Gasteiger partial charge on any atom is -0.206 e. The summed E-state index contributed by atoms with van der Waals surface area (Å²) in [5, 5.41) is 8.52. The highest BCUT2D eigenvalue weighted by Gasteiger charge is 2.36. The molecule has 1 unspecified atom stereocenters. The van der Waals surface area contributed by atoms with Crippen molar-refractivity contribution in [1.82, 2.24) is 10.2 Å². The van der Waals surface area contributed by atoms with E-state index in [4.69, 9.17) is 0 Å². The third kappa shape index (κ3) is 2.75. The summed E-state index contributed by atoms with van der Waals surface area (Å²) in [5.41, 5.74) is 2.18. The number of halogens is 2. The number of hydrogen-bond acceptors (Lipinski definition) is 2. The fourth-order valence-electron chi connectivity index (χ4n) is 3.56. The molecule has 0 radical (unpaired) electrons. The standard InChI is InChI=1S/C19H22F2N2/c1-11(2)12-8-9-19(3,4)18-13(12)10-16(22-23-18)17-14(20)6-5-7-15(17)21/h5-7,10-12H,8-9H2,1-4H3. The average Bonchev–Trinajstić information content (AvgIpc) is 2.46. The summed E-state index contributed by atoms with van der Waals surface area (Å²) in [6.45, 7) is 8.66. The molecule has 1 atom stereocenters. The molecule has 1 aromatic carbocycles. The van der Waals surface area contributed by atoms with E-state index in [0.717, 1.165) is 24.1 Å². The zero-order valence-corrected chi connectivity index (χ0v) is 14.0. The Labute approximate surface area is 136 Å². The van der Waals surface area contributed by atoms with E-state index in [1.807, 2.05) is 6.07 Å². The van der Waals surface area contributed by atoms with Crippen LogP contribution >= 0.6 is 0 Å². The fraction of sp³-hybridized carbons (Fsp3) is 0.474. The van der Waals surface area contributed by atoms with Gasteiger partial charge in [0.2, 0.25) is 0 Å². The van der Waals surface area contributed by atoms with Crippen LogP contribution in [0.4, 0.5) is 8.78 Å². The van der Waals surface area contributed by atoms with Crippen LogP contribution in [0.5, 0.6) is 0 Å². The summed E-state index contributed by atoms with van der Waals surface area (Å²) in [7, 11) is 0. The molecular formula is C19H22F2N2. The topological polar surface area (TPSA) is 25.8 Å². The quantitative estimate of drug-likeness (QED) is 0.758. The first-order valence-electron chi connectivity index (χ1n) is 8.14. The smallest absolute Gasteiger partial charge is 0.135 e. The van der Waals surface area contributed by atoms with Gasteiger partial charge in [-0.15, -0.1) is 0 Å². The lowest BCUT2D eigenvalue weighted by molar-refractivity contribution is 0.335. The maximum atomic E-state index is 14.1. The molecule has 1 aliphatic rings. The normalized spacial score (nSPS) is 19.7. The molecule has 0 amide bonds. The molecule has 0 fully saturated rings. The molecule has 0 N–H and O–H groups in total. The van der Waals surface area contributed by atoms with Crippen LogP contribution in [0, 0.1) is 17.6 Å². The largest absolute Gasteiger partial charge is 0.206 e. The van der Waals surface area contributed by atoms with Gasteiger partial charge in [-0.3, -0.25) is 0 Å². The molecule has 1 aromatic heterocycles. The molecule has 0 bridgehead atoms. The van der Waals surface area contributed by atoms with E-state index in [9.17, 15) is 8.78 Å². The molecule has 0 spiro atoms. The highest BCUT2D eigenvalue weighted by molar-refractivity contribution is 5.61. The minimum absolute atomic E-state index is 0.0555. The first-order valence-corrected chi connectivity index (χ1v) is 8.14. The van der Waals surface area contributed by atoms with E-state index in [0.29, 0.717) is 11.8 Å². The number of nitrogens with zero attached hydrogens (tertiary/aromatic N) is 2. The Hall–Kier alpha value is -1.84. The maximum absolute atomic E-state index is 14.1. The van der Waals surface area contributed by atoms with Gasteiger partial charge in [0.25, 0.3) is 0 Å². The van der Waals surface area contributed by atoms with Crippen molar-refractivity contribution in [2.24, 2.45) is 5.92 Å². The average molecular weight is 316 g/mol. The van der Waals surface area contributed by atoms with Crippen molar-refractivity contribution in [2.45, 2.75) is 51.9 Å². The fourth-order valence-corrected chi connectivity index (χ4v) is 3.56. The van der Waals surface area contributed by atoms with Gasteiger partial charge in [-0.2, -0.15) is 10.2 Å². The molecule has 2 nitrogen and oxygen atoms in total. The van der Waals surface area contributed by atoms with E-state index < -0.39 is 11.6 Å². The molecule has 0 saturated carbocycles. The summed E-state index contributed by atoms with van der Waals surface area (Å²) in [6.07, 6.45) is 2.10. The predicted octanol–water partition coefficient (Wildman–Crippen LogP) is 5.23. The molecule has 0 saturated heterocycles. The van der Waals surface area contributed by atoms with Crippen molar-refractivity contribution in [1.29, 1.82) is 0 Å². The third-order valence-electron chi connectivity index (χ3n) is 4.97. The summed E-state index contributed by atoms with van der Waals surface area (Å²) < 4.78 is 28.1. The van der Waals surface area contributed by atoms with Crippen LogP contribution in [0.1, 0.15) is 57.7 Å². The Balaban J connectivity index is 2.19. The monoisotopic (exact) mass is 316 g/mol. The minimum atomic E-state index is -0.601. The van der Waals surface area contributed by atoms with E-state index in [1.54, 1.807) is 0 Å². The lowest BCUT2D eigenvalue weighted by atomic mass is 9.68. The van der Waals surface area contributed by atoms with Crippen LogP contribution < -0.4 is 0 Å². The predicted molar refractivity (Wildman–Crippen MR) is 87.2 cm³/mol. The first-order chi connectivity index (χ1) is 10.8. The summed E-state index contributed by atoms with van der Waals surface area (Å²) in [4.78, 5) is 0. The van der Waals surface area contributed by atoms with Gasteiger partial charge in [-0.1, -0.05) is 33.8 Å². The van der Waals surface area contributed by atoms with Crippen LogP contribution in [0.25, 0.3) is 11.3 Å². The Morgan fingerprint density at radius 2 is 1.78 bits per heavy atom. The summed E-state index contributed by atoms with van der Waals surface area (Å²) in [5.74, 6) is -0.402. The molecule has 122 valence electrons. The first kappa shape index (κ1) is 16.0. The van der Waals surface area contributed by atoms with Crippen LogP contribution in [-0.4, -0.2) is 10.2 Å². The lowest BCUT2D eigenvalue weighted by Gasteiger charge is -2.37. The zero-order chi connectivity index (χ0) is 16.8. The highest BCUT2D eigenvalue weighted by Crippen LogP contribution is 2.45. The molecular weight excluding hydrogens is 294 g/mol. The van der Waals surface area contributed by atoms with Crippen molar-refractivity contribution < 1.29 is 8.78 Å². The Morgan fingerprint density at radius 3 is 2.39 bits per heavy atom. The van der Waals surface area contributed by atoms with Gasteiger partial charge in [0.05, 0.1) is 17.0 Å². The van der Waals surface area contributed by atoms with E-state index in [-0.39, 0.29) is 16.7 Å². The zero-order valence-electron chi connectivity index (χ0n) is 14.0. The third-order valence-corrected chi connectivity index (χ3v) is 4.97. The molecule has 23 heavy (non-hydrogen) atoms. The van der Waals surface area contributed by atoms with Gasteiger partial charge in [0, 0.05) is 5.41 Å². The van der Waals surface area contributed by atoms with Crippen molar-refractivity contribution >= 4 is 0 Å². The molecule has 3 rings (SSSR count). The molecule has 2 aromatic rings. The summed E-state index contributed by atoms with van der Waals surface area (Å²) >= 11 is 0. The number of hydrogen-bond donors (Lipinski definition) is 0. The van der Waals surface area contributed by atoms with Crippen LogP contribution in [0.3, 0.4) is 0 Å². The second-order valence-corrected chi connectivity index (χ2v) is 7.40. The molecule has 4 heteroatoms. The van der Waals surface area contributed by atoms with Crippen molar-refractivity contribution in [2.75, 3.05) is 0 Å². The van der Waals surface area contributed by atoms with E-state index in [1.165, 1.54) is 18.2 Å². The summed E-state index contributed by atoms with van der Waals surface area (Å²) in [6, 6.07) is 5.71. The number of benzene rings is 1. The Bertz CT molecular complexity index is 718. The Morgan fingerprint density at radius 1 is 1.13 bits per heavy atom. The van der Waals surface area contributed by atoms with Crippen molar-refractivity contribution in [3.63, 3.8) is 0 Å². The molecule has 1 heterocycles. The number of fused-ring (bicyclic) bond motifs is 1. The number of aromatic nitrogens is 2. The lowest BCUT2D eigenvalue weighted by Crippen LogP contribution is -2.30. The van der Waals surface area contributed by atoms with Gasteiger partial charge >= 0.3 is 0 Å². The van der Waals surface area contributed by atoms with Crippen LogP contribution in [0.2, 0.25) is 0 Å². The Kier molecular flexibility index (Phi) is 3.95. The second-order valence-electron chi connectivity index (χ2n) is 7.40. The SMILES string of the molecule is CC(C)C1CCC(C)(C)c2nnc(-c3c(F)cccc3F)cc21. The van der Waals surface area contributed by atoms with Gasteiger partial charge < -0.3 is 0 Å². The molecule has 0 aliphatic heterocycles. The van der Waals surface area contributed by atoms with Gasteiger partial charge in [-0.25, -0.2) is 8.78 Å². The van der Waals surface area contributed by atoms with Crippen molar-refractivity contribution in [3.05, 3.63) is 47.2 Å². The second kappa shape index (κ2) is 5.66. The van der Waals surface area contributed by atoms with Gasteiger partial charge in [0.1, 0.15) is 11.6 Å². The maximum Gasteiger partial charge on any atom is 0.135 e. The van der Waals surface area contributed by atoms with E-state index in [2.05, 4.69) is 37.9 Å². The van der Waals surface area contributed by atoms with Crippen LogP contribution in [0.15, 0.2) is 24.3 Å². The van der Waals surface area contributed by atoms with Gasteiger partial charge in [0.15, 0.2) is 0 Å². The van der Waals surface area contributed by atoms with E-state index >= 15 is 0 Å². The van der Waals surface area contributed by atoms with Crippen molar-refractivity contribution in [3.8, 4) is 11.3 Å². The highest BCUT2D eigenvalue weighted by atomic mass is 19.1. The van der Waals surface area contributed by atoms with Gasteiger partial charge in [-0.05, 0) is 48.4 Å². The number of rotatable bonds is 2. The van der Waals surface area contributed by atoms with Crippen LogP contribution in [-0.2, 0) is 5.41 Å².